The van der Waals surface area contributed by atoms with Gasteiger partial charge in [-0.05, 0) is 68.3 Å². The highest BCUT2D eigenvalue weighted by Gasteiger charge is 2.14. The Hall–Kier alpha value is -2.82. The molecule has 0 heterocycles. The number of hydrogen-bond donors (Lipinski definition) is 1. The SMILES string of the molecule is CCOc1ccc(C=NOC(C)C(=O)Nc2cccc(C)c2)cc1. The van der Waals surface area contributed by atoms with Crippen LogP contribution < -0.4 is 10.1 Å². The van der Waals surface area contributed by atoms with Gasteiger partial charge in [0.1, 0.15) is 5.75 Å². The van der Waals surface area contributed by atoms with Crippen molar-refractivity contribution < 1.29 is 14.4 Å². The summed E-state index contributed by atoms with van der Waals surface area (Å²) >= 11 is 0. The molecule has 0 saturated heterocycles. The highest BCUT2D eigenvalue weighted by molar-refractivity contribution is 5.94. The second-order valence-corrected chi connectivity index (χ2v) is 5.34. The molecule has 5 heteroatoms. The Morgan fingerprint density at radius 2 is 2.00 bits per heavy atom. The maximum atomic E-state index is 12.1. The lowest BCUT2D eigenvalue weighted by molar-refractivity contribution is -0.126. The summed E-state index contributed by atoms with van der Waals surface area (Å²) in [6.07, 6.45) is 0.871. The van der Waals surface area contributed by atoms with Gasteiger partial charge >= 0.3 is 0 Å². The molecule has 0 spiro atoms. The zero-order chi connectivity index (χ0) is 17.4. The quantitative estimate of drug-likeness (QED) is 0.622. The van der Waals surface area contributed by atoms with E-state index in [0.29, 0.717) is 6.61 Å². The first-order valence-electron chi connectivity index (χ1n) is 7.88. The monoisotopic (exact) mass is 326 g/mol. The highest BCUT2D eigenvalue weighted by Crippen LogP contribution is 2.12. The average molecular weight is 326 g/mol. The molecular weight excluding hydrogens is 304 g/mol. The molecule has 0 aliphatic heterocycles. The number of oxime groups is 1. The molecule has 0 saturated carbocycles. The molecule has 0 bridgehead atoms. The van der Waals surface area contributed by atoms with Crippen LogP contribution in [0.1, 0.15) is 25.0 Å². The summed E-state index contributed by atoms with van der Waals surface area (Å²) in [5.74, 6) is 0.561. The Balaban J connectivity index is 1.85. The fourth-order valence-electron chi connectivity index (χ4n) is 2.01. The smallest absolute Gasteiger partial charge is 0.267 e. The highest BCUT2D eigenvalue weighted by atomic mass is 16.6. The van der Waals surface area contributed by atoms with Crippen LogP contribution >= 0.6 is 0 Å². The van der Waals surface area contributed by atoms with E-state index in [2.05, 4.69) is 10.5 Å². The molecule has 0 radical (unpaired) electrons. The number of aryl methyl sites for hydroxylation is 1. The van der Waals surface area contributed by atoms with Gasteiger partial charge in [-0.1, -0.05) is 17.3 Å². The molecule has 5 nitrogen and oxygen atoms in total. The van der Waals surface area contributed by atoms with Crippen LogP contribution in [0, 0.1) is 6.92 Å². The third kappa shape index (κ3) is 5.43. The van der Waals surface area contributed by atoms with Crippen molar-refractivity contribution in [2.24, 2.45) is 5.16 Å². The van der Waals surface area contributed by atoms with Gasteiger partial charge in [-0.25, -0.2) is 0 Å². The van der Waals surface area contributed by atoms with Crippen LogP contribution in [-0.4, -0.2) is 24.8 Å². The molecule has 0 aliphatic carbocycles. The van der Waals surface area contributed by atoms with Gasteiger partial charge < -0.3 is 14.9 Å². The lowest BCUT2D eigenvalue weighted by atomic mass is 10.2. The Labute approximate surface area is 142 Å². The predicted molar refractivity (Wildman–Crippen MR) is 95.6 cm³/mol. The lowest BCUT2D eigenvalue weighted by Gasteiger charge is -2.10. The Morgan fingerprint density at radius 1 is 1.25 bits per heavy atom. The Bertz CT molecular complexity index is 696. The normalized spacial score (nSPS) is 12.0. The average Bonchev–Trinajstić information content (AvgIpc) is 2.56. The maximum Gasteiger partial charge on any atom is 0.267 e. The second kappa shape index (κ2) is 8.72. The molecule has 24 heavy (non-hydrogen) atoms. The molecule has 0 fully saturated rings. The van der Waals surface area contributed by atoms with Crippen LogP contribution in [0.25, 0.3) is 0 Å². The second-order valence-electron chi connectivity index (χ2n) is 5.34. The van der Waals surface area contributed by atoms with Crippen LogP contribution in [0.4, 0.5) is 5.69 Å². The van der Waals surface area contributed by atoms with Gasteiger partial charge in [0.25, 0.3) is 5.91 Å². The molecule has 2 rings (SSSR count). The fraction of sp³-hybridized carbons (Fsp3) is 0.263. The van der Waals surface area contributed by atoms with Gasteiger partial charge in [0.2, 0.25) is 6.10 Å². The third-order valence-corrected chi connectivity index (χ3v) is 3.27. The number of carbonyl (C=O) groups excluding carboxylic acids is 1. The molecule has 0 aliphatic rings. The summed E-state index contributed by atoms with van der Waals surface area (Å²) in [7, 11) is 0. The van der Waals surface area contributed by atoms with Crippen LogP contribution in [-0.2, 0) is 9.63 Å². The molecule has 1 N–H and O–H groups in total. The van der Waals surface area contributed by atoms with E-state index < -0.39 is 6.10 Å². The van der Waals surface area contributed by atoms with Crippen LogP contribution in [0.5, 0.6) is 5.75 Å². The molecular formula is C19H22N2O3. The zero-order valence-corrected chi connectivity index (χ0v) is 14.2. The summed E-state index contributed by atoms with van der Waals surface area (Å²) in [5, 5.41) is 6.67. The Morgan fingerprint density at radius 3 is 2.67 bits per heavy atom. The van der Waals surface area contributed by atoms with Crippen molar-refractivity contribution in [2.75, 3.05) is 11.9 Å². The molecule has 2 aromatic carbocycles. The fourth-order valence-corrected chi connectivity index (χ4v) is 2.01. The molecule has 2 aromatic rings. The largest absolute Gasteiger partial charge is 0.494 e. The number of nitrogens with zero attached hydrogens (tertiary/aromatic N) is 1. The first-order valence-corrected chi connectivity index (χ1v) is 7.88. The van der Waals surface area contributed by atoms with E-state index >= 15 is 0 Å². The van der Waals surface area contributed by atoms with Crippen LogP contribution in [0.3, 0.4) is 0 Å². The summed E-state index contributed by atoms with van der Waals surface area (Å²) < 4.78 is 5.37. The summed E-state index contributed by atoms with van der Waals surface area (Å²) in [6, 6.07) is 15.0. The van der Waals surface area contributed by atoms with Gasteiger partial charge in [-0.15, -0.1) is 0 Å². The number of ether oxygens (including phenoxy) is 1. The van der Waals surface area contributed by atoms with E-state index in [1.165, 1.54) is 0 Å². The number of nitrogens with one attached hydrogen (secondary N) is 1. The molecule has 126 valence electrons. The summed E-state index contributed by atoms with van der Waals surface area (Å²) in [4.78, 5) is 17.3. The number of amides is 1. The topological polar surface area (TPSA) is 59.9 Å². The number of hydrogen-bond acceptors (Lipinski definition) is 4. The van der Waals surface area contributed by atoms with Crippen LogP contribution in [0.15, 0.2) is 53.7 Å². The standard InChI is InChI=1S/C19H22N2O3/c1-4-23-18-10-8-16(9-11-18)13-20-24-15(3)19(22)21-17-7-5-6-14(2)12-17/h5-13,15H,4H2,1-3H3,(H,21,22). The van der Waals surface area contributed by atoms with E-state index in [9.17, 15) is 4.79 Å². The van der Waals surface area contributed by atoms with E-state index in [4.69, 9.17) is 9.57 Å². The predicted octanol–water partition coefficient (Wildman–Crippen LogP) is 3.77. The van der Waals surface area contributed by atoms with Gasteiger partial charge in [0.15, 0.2) is 0 Å². The van der Waals surface area contributed by atoms with Gasteiger partial charge in [-0.2, -0.15) is 0 Å². The number of anilines is 1. The van der Waals surface area contributed by atoms with Crippen molar-refractivity contribution in [3.8, 4) is 5.75 Å². The van der Waals surface area contributed by atoms with E-state index in [1.807, 2.05) is 62.4 Å². The third-order valence-electron chi connectivity index (χ3n) is 3.27. The van der Waals surface area contributed by atoms with E-state index in [-0.39, 0.29) is 5.91 Å². The van der Waals surface area contributed by atoms with Gasteiger partial charge in [0, 0.05) is 5.69 Å². The van der Waals surface area contributed by atoms with E-state index in [0.717, 1.165) is 22.6 Å². The first-order chi connectivity index (χ1) is 11.6. The molecule has 1 atom stereocenters. The van der Waals surface area contributed by atoms with Crippen LogP contribution in [0.2, 0.25) is 0 Å². The molecule has 1 amide bonds. The van der Waals surface area contributed by atoms with Gasteiger partial charge in [-0.3, -0.25) is 4.79 Å². The molecule has 1 unspecified atom stereocenters. The zero-order valence-electron chi connectivity index (χ0n) is 14.2. The Kier molecular flexibility index (Phi) is 6.37. The first kappa shape index (κ1) is 17.5. The minimum atomic E-state index is -0.690. The van der Waals surface area contributed by atoms with Crippen molar-refractivity contribution in [1.29, 1.82) is 0 Å². The van der Waals surface area contributed by atoms with Crippen molar-refractivity contribution in [3.63, 3.8) is 0 Å². The number of benzene rings is 2. The van der Waals surface area contributed by atoms with Crippen molar-refractivity contribution in [1.82, 2.24) is 0 Å². The number of rotatable bonds is 7. The van der Waals surface area contributed by atoms with Crippen molar-refractivity contribution in [2.45, 2.75) is 26.9 Å². The minimum absolute atomic E-state index is 0.246. The van der Waals surface area contributed by atoms with E-state index in [1.54, 1.807) is 13.1 Å². The summed E-state index contributed by atoms with van der Waals surface area (Å²) in [5.41, 5.74) is 2.69. The maximum absolute atomic E-state index is 12.1. The minimum Gasteiger partial charge on any atom is -0.494 e. The van der Waals surface area contributed by atoms with Gasteiger partial charge in [0.05, 0.1) is 12.8 Å². The summed E-state index contributed by atoms with van der Waals surface area (Å²) in [6.45, 7) is 6.19. The van der Waals surface area contributed by atoms with Crippen molar-refractivity contribution >= 4 is 17.8 Å². The van der Waals surface area contributed by atoms with Crippen molar-refractivity contribution in [3.05, 3.63) is 59.7 Å². The number of carbonyl (C=O) groups is 1. The molecule has 0 aromatic heterocycles. The lowest BCUT2D eigenvalue weighted by Crippen LogP contribution is -2.26.